The molecule has 0 unspecified atom stereocenters. The largest absolute Gasteiger partial charge is 0.325 e. The molecule has 0 amide bonds. The van der Waals surface area contributed by atoms with Crippen LogP contribution in [-0.4, -0.2) is 19.6 Å². The predicted octanol–water partition coefficient (Wildman–Crippen LogP) is 2.75. The Morgan fingerprint density at radius 1 is 0.810 bits per heavy atom. The van der Waals surface area contributed by atoms with Crippen LogP contribution in [0.3, 0.4) is 0 Å². The van der Waals surface area contributed by atoms with Gasteiger partial charge in [0.15, 0.2) is 0 Å². The molecule has 0 spiro atoms. The molecule has 0 radical (unpaired) electrons. The van der Waals surface area contributed by atoms with Gasteiger partial charge in [0.25, 0.3) is 0 Å². The summed E-state index contributed by atoms with van der Waals surface area (Å²) in [6, 6.07) is 21.1. The first-order chi connectivity index (χ1) is 10.3. The molecule has 2 aromatic rings. The first-order valence-corrected chi connectivity index (χ1v) is 7.77. The Morgan fingerprint density at radius 2 is 1.29 bits per heavy atom. The van der Waals surface area contributed by atoms with Crippen LogP contribution in [0.2, 0.25) is 0 Å². The minimum atomic E-state index is 0.169. The minimum Gasteiger partial charge on any atom is -0.325 e. The Bertz CT molecular complexity index is 534. The molecule has 2 rings (SSSR count). The maximum Gasteiger partial charge on any atom is 0.139 e. The summed E-state index contributed by atoms with van der Waals surface area (Å²) in [7, 11) is 0. The third kappa shape index (κ3) is 4.48. The highest BCUT2D eigenvalue weighted by molar-refractivity contribution is 5.40. The van der Waals surface area contributed by atoms with Crippen LogP contribution in [0, 0.1) is 11.8 Å². The molecule has 0 fully saturated rings. The Hall–Kier alpha value is -2.04. The molecule has 0 aliphatic rings. The van der Waals surface area contributed by atoms with Crippen molar-refractivity contribution in [2.24, 2.45) is 0 Å². The maximum atomic E-state index is 3.48. The molecule has 0 aliphatic heterocycles. The van der Waals surface area contributed by atoms with Crippen LogP contribution in [-0.2, 0) is 0 Å². The lowest BCUT2D eigenvalue weighted by Crippen LogP contribution is -3.11. The highest BCUT2D eigenvalue weighted by atomic mass is 15.1. The molecule has 108 valence electrons. The first-order valence-electron chi connectivity index (χ1n) is 7.77. The van der Waals surface area contributed by atoms with Gasteiger partial charge in [0.2, 0.25) is 0 Å². The highest BCUT2D eigenvalue weighted by Crippen LogP contribution is 2.23. The standard InChI is InChI=1S/C20H23N/c1-3-21(4-2)17-11-16-20(18-12-7-5-8-13-18)19-14-9-6-10-15-19/h5-10,12-15,20H,3-4,17H2,1-2H3/p+1. The molecule has 2 aromatic carbocycles. The van der Waals surface area contributed by atoms with E-state index in [9.17, 15) is 0 Å². The van der Waals surface area contributed by atoms with Crippen molar-refractivity contribution in [2.75, 3.05) is 19.6 Å². The van der Waals surface area contributed by atoms with Gasteiger partial charge in [0, 0.05) is 0 Å². The van der Waals surface area contributed by atoms with Crippen LogP contribution in [0.5, 0.6) is 0 Å². The van der Waals surface area contributed by atoms with Gasteiger partial charge in [-0.3, -0.25) is 0 Å². The molecule has 0 saturated carbocycles. The maximum absolute atomic E-state index is 3.48. The third-order valence-electron chi connectivity index (χ3n) is 3.85. The molecule has 0 saturated heterocycles. The van der Waals surface area contributed by atoms with Crippen LogP contribution in [0.25, 0.3) is 0 Å². The molecular formula is C20H24N+. The lowest BCUT2D eigenvalue weighted by molar-refractivity contribution is -0.889. The number of quaternary nitrogens is 1. The SMILES string of the molecule is CC[NH+](CC)CC#CC(c1ccccc1)c1ccccc1. The molecule has 1 N–H and O–H groups in total. The van der Waals surface area contributed by atoms with Gasteiger partial charge in [-0.25, -0.2) is 0 Å². The second-order valence-electron chi connectivity index (χ2n) is 5.21. The van der Waals surface area contributed by atoms with E-state index in [0.717, 1.165) is 19.6 Å². The fourth-order valence-electron chi connectivity index (χ4n) is 2.43. The Labute approximate surface area is 128 Å². The zero-order valence-electron chi connectivity index (χ0n) is 13.0. The van der Waals surface area contributed by atoms with Crippen LogP contribution in [0.15, 0.2) is 60.7 Å². The van der Waals surface area contributed by atoms with Crippen molar-refractivity contribution in [2.45, 2.75) is 19.8 Å². The van der Waals surface area contributed by atoms with Crippen molar-refractivity contribution in [1.82, 2.24) is 0 Å². The van der Waals surface area contributed by atoms with Gasteiger partial charge in [0.1, 0.15) is 6.54 Å². The average molecular weight is 278 g/mol. The minimum absolute atomic E-state index is 0.169. The van der Waals surface area contributed by atoms with E-state index < -0.39 is 0 Å². The van der Waals surface area contributed by atoms with Gasteiger partial charge in [-0.1, -0.05) is 66.6 Å². The Kier molecular flexibility index (Phi) is 6.06. The van der Waals surface area contributed by atoms with Crippen LogP contribution in [0.1, 0.15) is 30.9 Å². The van der Waals surface area contributed by atoms with Gasteiger partial charge in [-0.05, 0) is 30.9 Å². The van der Waals surface area contributed by atoms with E-state index in [2.05, 4.69) is 86.4 Å². The molecule has 21 heavy (non-hydrogen) atoms. The van der Waals surface area contributed by atoms with E-state index in [4.69, 9.17) is 0 Å². The Balaban J connectivity index is 2.24. The normalized spacial score (nSPS) is 10.5. The molecule has 1 nitrogen and oxygen atoms in total. The average Bonchev–Trinajstić information content (AvgIpc) is 2.57. The summed E-state index contributed by atoms with van der Waals surface area (Å²) >= 11 is 0. The van der Waals surface area contributed by atoms with E-state index in [1.54, 1.807) is 0 Å². The summed E-state index contributed by atoms with van der Waals surface area (Å²) in [6.07, 6.45) is 0. The monoisotopic (exact) mass is 278 g/mol. The fourth-order valence-corrected chi connectivity index (χ4v) is 2.43. The summed E-state index contributed by atoms with van der Waals surface area (Å²) in [5.74, 6) is 7.05. The summed E-state index contributed by atoms with van der Waals surface area (Å²) in [4.78, 5) is 1.53. The number of hydrogen-bond acceptors (Lipinski definition) is 0. The second-order valence-corrected chi connectivity index (χ2v) is 5.21. The van der Waals surface area contributed by atoms with Crippen molar-refractivity contribution in [3.63, 3.8) is 0 Å². The van der Waals surface area contributed by atoms with Gasteiger partial charge in [0.05, 0.1) is 19.0 Å². The first kappa shape index (κ1) is 15.4. The quantitative estimate of drug-likeness (QED) is 0.802. The van der Waals surface area contributed by atoms with Crippen molar-refractivity contribution in [1.29, 1.82) is 0 Å². The summed E-state index contributed by atoms with van der Waals surface area (Å²) in [5.41, 5.74) is 2.54. The number of rotatable bonds is 5. The van der Waals surface area contributed by atoms with Gasteiger partial charge < -0.3 is 4.90 Å². The van der Waals surface area contributed by atoms with Crippen molar-refractivity contribution in [3.8, 4) is 11.8 Å². The molecule has 0 heterocycles. The van der Waals surface area contributed by atoms with Crippen molar-refractivity contribution < 1.29 is 4.90 Å². The highest BCUT2D eigenvalue weighted by Gasteiger charge is 2.10. The zero-order valence-corrected chi connectivity index (χ0v) is 13.0. The van der Waals surface area contributed by atoms with E-state index in [1.165, 1.54) is 16.0 Å². The van der Waals surface area contributed by atoms with Gasteiger partial charge >= 0.3 is 0 Å². The molecular weight excluding hydrogens is 254 g/mol. The summed E-state index contributed by atoms with van der Waals surface area (Å²) in [5, 5.41) is 0. The molecule has 0 atom stereocenters. The van der Waals surface area contributed by atoms with Crippen LogP contribution in [0.4, 0.5) is 0 Å². The zero-order chi connectivity index (χ0) is 14.9. The summed E-state index contributed by atoms with van der Waals surface area (Å²) < 4.78 is 0. The van der Waals surface area contributed by atoms with E-state index in [0.29, 0.717) is 0 Å². The smallest absolute Gasteiger partial charge is 0.139 e. The van der Waals surface area contributed by atoms with E-state index >= 15 is 0 Å². The second kappa shape index (κ2) is 8.29. The predicted molar refractivity (Wildman–Crippen MR) is 89.4 cm³/mol. The molecule has 0 bridgehead atoms. The lowest BCUT2D eigenvalue weighted by atomic mass is 9.92. The molecule has 0 aliphatic carbocycles. The third-order valence-corrected chi connectivity index (χ3v) is 3.85. The number of benzene rings is 2. The van der Waals surface area contributed by atoms with Crippen LogP contribution < -0.4 is 4.90 Å². The van der Waals surface area contributed by atoms with Gasteiger partial charge in [-0.15, -0.1) is 0 Å². The topological polar surface area (TPSA) is 4.44 Å². The molecule has 0 aromatic heterocycles. The summed E-state index contributed by atoms with van der Waals surface area (Å²) in [6.45, 7) is 7.61. The van der Waals surface area contributed by atoms with Crippen molar-refractivity contribution in [3.05, 3.63) is 71.8 Å². The van der Waals surface area contributed by atoms with Gasteiger partial charge in [-0.2, -0.15) is 0 Å². The number of hydrogen-bond donors (Lipinski definition) is 1. The van der Waals surface area contributed by atoms with E-state index in [1.807, 2.05) is 0 Å². The van der Waals surface area contributed by atoms with Crippen molar-refractivity contribution >= 4 is 0 Å². The Morgan fingerprint density at radius 3 is 1.71 bits per heavy atom. The molecule has 1 heteroatoms. The lowest BCUT2D eigenvalue weighted by Gasteiger charge is -2.13. The fraction of sp³-hybridized carbons (Fsp3) is 0.300. The number of nitrogens with one attached hydrogen (secondary N) is 1. The van der Waals surface area contributed by atoms with E-state index in [-0.39, 0.29) is 5.92 Å². The van der Waals surface area contributed by atoms with Crippen LogP contribution >= 0.6 is 0 Å².